The second kappa shape index (κ2) is 17.3. The van der Waals surface area contributed by atoms with Crippen molar-refractivity contribution >= 4 is 81.9 Å². The molecule has 0 bridgehead atoms. The normalized spacial score (nSPS) is 14.0. The van der Waals surface area contributed by atoms with Gasteiger partial charge in [-0.3, -0.25) is 19.2 Å². The maximum atomic E-state index is 13.1. The zero-order valence-electron chi connectivity index (χ0n) is 35.8. The average Bonchev–Trinajstić information content (AvgIpc) is 3.72. The van der Waals surface area contributed by atoms with Crippen molar-refractivity contribution in [1.82, 2.24) is 0 Å². The molecule has 0 atom stereocenters. The summed E-state index contributed by atoms with van der Waals surface area (Å²) in [5, 5.41) is 4.62. The van der Waals surface area contributed by atoms with E-state index in [0.29, 0.717) is 78.9 Å². The fourth-order valence-corrected chi connectivity index (χ4v) is 8.72. The second-order valence-corrected chi connectivity index (χ2v) is 15.6. The molecule has 18 heteroatoms. The van der Waals surface area contributed by atoms with Gasteiger partial charge in [0.15, 0.2) is 11.2 Å². The van der Waals surface area contributed by atoms with Crippen LogP contribution in [0.4, 0.5) is 11.4 Å². The number of hydrogen-bond donors (Lipinski definition) is 0. The van der Waals surface area contributed by atoms with E-state index in [-0.39, 0.29) is 23.0 Å². The van der Waals surface area contributed by atoms with E-state index in [1.807, 2.05) is 0 Å². The lowest BCUT2D eigenvalue weighted by molar-refractivity contribution is -0.132. The molecule has 336 valence electrons. The number of carbonyl (C=O) groups is 6. The molecule has 0 aliphatic carbocycles. The Hall–Kier alpha value is -8.66. The minimum absolute atomic E-state index is 0.254. The molecule has 0 saturated heterocycles. The summed E-state index contributed by atoms with van der Waals surface area (Å²) in [6.07, 6.45) is 0. The van der Waals surface area contributed by atoms with Gasteiger partial charge in [0.1, 0.15) is 46.0 Å². The molecule has 4 aliphatic rings. The van der Waals surface area contributed by atoms with Crippen LogP contribution >= 0.6 is 24.4 Å². The Balaban J connectivity index is 0.000000170. The molecule has 10 rings (SSSR count). The van der Waals surface area contributed by atoms with Gasteiger partial charge < -0.3 is 37.9 Å². The average molecular weight is 947 g/mol. The van der Waals surface area contributed by atoms with Crippen LogP contribution in [0, 0.1) is 0 Å². The molecule has 2 spiro atoms. The van der Waals surface area contributed by atoms with Crippen LogP contribution in [0.3, 0.4) is 0 Å². The largest absolute Gasteiger partial charge is 0.456 e. The van der Waals surface area contributed by atoms with Crippen LogP contribution < -0.4 is 28.4 Å². The molecule has 0 N–H and O–H groups in total. The highest BCUT2D eigenvalue weighted by Crippen LogP contribution is 2.59. The smallest absolute Gasteiger partial charge is 0.340 e. The molecule has 16 nitrogen and oxygen atoms in total. The van der Waals surface area contributed by atoms with E-state index in [1.54, 1.807) is 84.9 Å². The SMILES string of the molecule is CC(=O)Oc1ccc2c(c1)Oc1cc(OC(C)=O)ccc1C21OC(=O)c2cc(N=C=S)ccc21.CC(=O)Oc1ccc2c(c1)Oc1cc(OC(C)=O)ccc1C21OC(=O)c2ccc(N=C=S)cc21. The quantitative estimate of drug-likeness (QED) is 0.0660. The van der Waals surface area contributed by atoms with Crippen molar-refractivity contribution in [2.24, 2.45) is 9.98 Å². The standard InChI is InChI=1S/2C25H15NO7S/c1-13(27)30-16-4-7-20-22(10-16)32-23-11-17(31-14(2)28)5-8-21(23)25(20)19-6-3-15(26-12-34)9-18(19)24(29)33-25;1-13(27)30-16-4-7-19-22(10-16)32-23-11-17(31-14(2)28)5-8-20(23)25(19)21-9-15(26-12-34)3-6-18(21)24(29)33-25/h2*3-11H,1-2H3. The van der Waals surface area contributed by atoms with Gasteiger partial charge in [0.05, 0.1) is 32.8 Å². The molecule has 0 unspecified atom stereocenters. The van der Waals surface area contributed by atoms with Gasteiger partial charge in [0.2, 0.25) is 0 Å². The van der Waals surface area contributed by atoms with Crippen molar-refractivity contribution in [2.45, 2.75) is 38.9 Å². The van der Waals surface area contributed by atoms with Crippen molar-refractivity contribution in [2.75, 3.05) is 0 Å². The first kappa shape index (κ1) is 44.5. The zero-order chi connectivity index (χ0) is 48.1. The highest BCUT2D eigenvalue weighted by molar-refractivity contribution is 7.78. The third-order valence-corrected chi connectivity index (χ3v) is 11.0. The molecule has 6 aromatic rings. The molecule has 0 amide bonds. The van der Waals surface area contributed by atoms with Crippen LogP contribution in [0.2, 0.25) is 0 Å². The number of thiocarbonyl (C=S) groups is 2. The zero-order valence-corrected chi connectivity index (χ0v) is 37.5. The van der Waals surface area contributed by atoms with E-state index in [4.69, 9.17) is 50.1 Å². The molecule has 0 saturated carbocycles. The first-order valence-corrected chi connectivity index (χ1v) is 21.0. The van der Waals surface area contributed by atoms with Crippen molar-refractivity contribution in [1.29, 1.82) is 0 Å². The minimum atomic E-state index is -1.38. The number of fused-ring (bicyclic) bond motifs is 12. The number of benzene rings is 6. The molecule has 4 heterocycles. The fourth-order valence-electron chi connectivity index (χ4n) is 8.51. The number of nitrogens with zero attached hydrogens (tertiary/aromatic N) is 2. The molecule has 6 aromatic carbocycles. The summed E-state index contributed by atoms with van der Waals surface area (Å²) in [4.78, 5) is 79.9. The summed E-state index contributed by atoms with van der Waals surface area (Å²) in [7, 11) is 0. The molecular formula is C50H30N2O14S2. The first-order valence-electron chi connectivity index (χ1n) is 20.2. The first-order chi connectivity index (χ1) is 32.6. The summed E-state index contributed by atoms with van der Waals surface area (Å²) in [5.74, 6) is -0.803. The summed E-state index contributed by atoms with van der Waals surface area (Å²) >= 11 is 9.42. The van der Waals surface area contributed by atoms with Gasteiger partial charge in [-0.2, -0.15) is 9.98 Å². The molecule has 4 aliphatic heterocycles. The predicted molar refractivity (Wildman–Crippen MR) is 244 cm³/mol. The van der Waals surface area contributed by atoms with Crippen molar-refractivity contribution < 1.29 is 66.7 Å². The monoisotopic (exact) mass is 946 g/mol. The van der Waals surface area contributed by atoms with Gasteiger partial charge >= 0.3 is 35.8 Å². The Labute approximate surface area is 395 Å². The number of ether oxygens (including phenoxy) is 8. The van der Waals surface area contributed by atoms with Gasteiger partial charge in [-0.25, -0.2) is 9.59 Å². The van der Waals surface area contributed by atoms with E-state index in [0.717, 1.165) is 0 Å². The van der Waals surface area contributed by atoms with Crippen LogP contribution in [-0.2, 0) is 39.9 Å². The van der Waals surface area contributed by atoms with Crippen LogP contribution in [0.25, 0.3) is 0 Å². The number of aliphatic imine (C=N–C) groups is 2. The Morgan fingerprint density at radius 3 is 1.16 bits per heavy atom. The molecule has 0 radical (unpaired) electrons. The van der Waals surface area contributed by atoms with Gasteiger partial charge in [0, 0.05) is 85.3 Å². The number of carbonyl (C=O) groups excluding carboxylic acids is 6. The van der Waals surface area contributed by atoms with Crippen molar-refractivity contribution in [3.63, 3.8) is 0 Å². The van der Waals surface area contributed by atoms with Crippen LogP contribution in [0.15, 0.2) is 119 Å². The Morgan fingerprint density at radius 1 is 0.441 bits per heavy atom. The topological polar surface area (TPSA) is 201 Å². The van der Waals surface area contributed by atoms with E-state index >= 15 is 0 Å². The second-order valence-electron chi connectivity index (χ2n) is 15.2. The van der Waals surface area contributed by atoms with E-state index < -0.39 is 47.0 Å². The van der Waals surface area contributed by atoms with Crippen LogP contribution in [0.5, 0.6) is 46.0 Å². The van der Waals surface area contributed by atoms with Gasteiger partial charge in [-0.05, 0) is 103 Å². The van der Waals surface area contributed by atoms with Crippen LogP contribution in [0.1, 0.15) is 81.8 Å². The molecule has 68 heavy (non-hydrogen) atoms. The minimum Gasteiger partial charge on any atom is -0.456 e. The number of rotatable bonds is 6. The number of esters is 6. The van der Waals surface area contributed by atoms with Crippen molar-refractivity contribution in [3.8, 4) is 46.0 Å². The van der Waals surface area contributed by atoms with Gasteiger partial charge in [-0.1, -0.05) is 6.07 Å². The lowest BCUT2D eigenvalue weighted by Crippen LogP contribution is -2.33. The molecule has 0 aromatic heterocycles. The summed E-state index contributed by atoms with van der Waals surface area (Å²) < 4.78 is 45.2. The number of isothiocyanates is 2. The van der Waals surface area contributed by atoms with Crippen molar-refractivity contribution in [3.05, 3.63) is 154 Å². The van der Waals surface area contributed by atoms with E-state index in [2.05, 4.69) is 32.5 Å². The summed E-state index contributed by atoms with van der Waals surface area (Å²) in [6.45, 7) is 5.15. The summed E-state index contributed by atoms with van der Waals surface area (Å²) in [5.41, 5.74) is 2.13. The van der Waals surface area contributed by atoms with Gasteiger partial charge in [-0.15, -0.1) is 0 Å². The van der Waals surface area contributed by atoms with Gasteiger partial charge in [0.25, 0.3) is 0 Å². The highest BCUT2D eigenvalue weighted by Gasteiger charge is 2.55. The van der Waals surface area contributed by atoms with E-state index in [1.165, 1.54) is 52.0 Å². The fraction of sp³-hybridized carbons (Fsp3) is 0.120. The third-order valence-electron chi connectivity index (χ3n) is 10.9. The van der Waals surface area contributed by atoms with E-state index in [9.17, 15) is 28.8 Å². The Morgan fingerprint density at radius 2 is 0.779 bits per heavy atom. The number of hydrogen-bond acceptors (Lipinski definition) is 18. The lowest BCUT2D eigenvalue weighted by Gasteiger charge is -2.36. The third kappa shape index (κ3) is 7.74. The summed E-state index contributed by atoms with van der Waals surface area (Å²) in [6, 6.07) is 29.2. The molecule has 0 fully saturated rings. The predicted octanol–water partition coefficient (Wildman–Crippen LogP) is 9.68. The lowest BCUT2D eigenvalue weighted by atomic mass is 9.77. The maximum absolute atomic E-state index is 13.1. The Kier molecular flexibility index (Phi) is 11.3. The Bertz CT molecular complexity index is 3220. The maximum Gasteiger partial charge on any atom is 0.340 e. The molecular weight excluding hydrogens is 917 g/mol. The van der Waals surface area contributed by atoms with Crippen LogP contribution in [-0.4, -0.2) is 46.1 Å². The highest BCUT2D eigenvalue weighted by atomic mass is 32.1.